The van der Waals surface area contributed by atoms with Gasteiger partial charge in [0.2, 0.25) is 5.91 Å². The summed E-state index contributed by atoms with van der Waals surface area (Å²) in [5.41, 5.74) is 2.31. The average molecular weight is 420 g/mol. The lowest BCUT2D eigenvalue weighted by Gasteiger charge is -2.20. The van der Waals surface area contributed by atoms with Crippen LogP contribution < -0.4 is 14.8 Å². The van der Waals surface area contributed by atoms with Crippen molar-refractivity contribution in [3.63, 3.8) is 0 Å². The number of rotatable bonds is 8. The standard InChI is InChI=1S/C23H24N4O4/c1-27-11-10-24-23(27)22(15-12-16(29-2)14-17(13-15)30-3)26-20(28)8-9-21-25-18-6-4-5-7-19(18)31-21/h4-7,10-14,22H,8-9H2,1-3H3,(H,26,28)/t22-/m1/s1. The number of fused-ring (bicyclic) bond motifs is 1. The Balaban J connectivity index is 1.55. The summed E-state index contributed by atoms with van der Waals surface area (Å²) in [7, 11) is 5.07. The highest BCUT2D eigenvalue weighted by molar-refractivity contribution is 5.77. The van der Waals surface area contributed by atoms with Crippen molar-refractivity contribution in [1.82, 2.24) is 19.9 Å². The monoisotopic (exact) mass is 420 g/mol. The fraction of sp³-hybridized carbons (Fsp3) is 0.261. The van der Waals surface area contributed by atoms with Crippen LogP contribution in [0.3, 0.4) is 0 Å². The van der Waals surface area contributed by atoms with Crippen molar-refractivity contribution >= 4 is 17.0 Å². The Bertz CT molecular complexity index is 1140. The number of oxazole rings is 1. The van der Waals surface area contributed by atoms with Crippen LogP contribution in [0.15, 0.2) is 59.3 Å². The molecule has 31 heavy (non-hydrogen) atoms. The number of carbonyl (C=O) groups is 1. The molecule has 0 aliphatic rings. The highest BCUT2D eigenvalue weighted by Crippen LogP contribution is 2.29. The zero-order valence-corrected chi connectivity index (χ0v) is 17.7. The molecule has 1 atom stereocenters. The van der Waals surface area contributed by atoms with Crippen molar-refractivity contribution < 1.29 is 18.7 Å². The van der Waals surface area contributed by atoms with E-state index in [-0.39, 0.29) is 12.3 Å². The summed E-state index contributed by atoms with van der Waals surface area (Å²) in [6.07, 6.45) is 4.17. The van der Waals surface area contributed by atoms with Gasteiger partial charge in [0.15, 0.2) is 11.5 Å². The van der Waals surface area contributed by atoms with E-state index >= 15 is 0 Å². The lowest BCUT2D eigenvalue weighted by atomic mass is 10.0. The molecular formula is C23H24N4O4. The minimum Gasteiger partial charge on any atom is -0.497 e. The summed E-state index contributed by atoms with van der Waals surface area (Å²) in [6.45, 7) is 0. The topological polar surface area (TPSA) is 91.4 Å². The average Bonchev–Trinajstić information content (AvgIpc) is 3.41. The van der Waals surface area contributed by atoms with E-state index in [0.717, 1.165) is 11.1 Å². The molecule has 2 aromatic carbocycles. The van der Waals surface area contributed by atoms with E-state index in [4.69, 9.17) is 13.9 Å². The molecule has 8 heteroatoms. The van der Waals surface area contributed by atoms with Crippen LogP contribution in [0, 0.1) is 0 Å². The predicted molar refractivity (Wildman–Crippen MR) is 115 cm³/mol. The van der Waals surface area contributed by atoms with Crippen molar-refractivity contribution in [3.05, 3.63) is 72.1 Å². The summed E-state index contributed by atoms with van der Waals surface area (Å²) in [5.74, 6) is 2.36. The molecule has 4 rings (SSSR count). The Hall–Kier alpha value is -3.81. The molecule has 1 amide bonds. The third-order valence-electron chi connectivity index (χ3n) is 5.03. The Kier molecular flexibility index (Phi) is 5.88. The Labute approximate surface area is 179 Å². The number of amides is 1. The molecule has 0 aliphatic heterocycles. The number of imidazole rings is 1. The van der Waals surface area contributed by atoms with Crippen molar-refractivity contribution in [1.29, 1.82) is 0 Å². The summed E-state index contributed by atoms with van der Waals surface area (Å²) in [4.78, 5) is 21.7. The van der Waals surface area contributed by atoms with Gasteiger partial charge in [0.05, 0.1) is 14.2 Å². The molecule has 8 nitrogen and oxygen atoms in total. The molecule has 0 radical (unpaired) electrons. The van der Waals surface area contributed by atoms with Gasteiger partial charge in [-0.15, -0.1) is 0 Å². The Morgan fingerprint density at radius 2 is 1.90 bits per heavy atom. The number of carbonyl (C=O) groups excluding carboxylic acids is 1. The van der Waals surface area contributed by atoms with Gasteiger partial charge in [0, 0.05) is 38.3 Å². The second-order valence-corrected chi connectivity index (χ2v) is 7.12. The third-order valence-corrected chi connectivity index (χ3v) is 5.03. The fourth-order valence-electron chi connectivity index (χ4n) is 3.43. The van der Waals surface area contributed by atoms with Crippen molar-refractivity contribution in [3.8, 4) is 11.5 Å². The molecule has 4 aromatic rings. The molecule has 2 heterocycles. The maximum atomic E-state index is 12.9. The first-order chi connectivity index (χ1) is 15.1. The number of hydrogen-bond donors (Lipinski definition) is 1. The molecule has 0 unspecified atom stereocenters. The zero-order chi connectivity index (χ0) is 21.8. The van der Waals surface area contributed by atoms with E-state index < -0.39 is 6.04 Å². The number of ether oxygens (including phenoxy) is 2. The van der Waals surface area contributed by atoms with E-state index in [1.54, 1.807) is 26.5 Å². The van der Waals surface area contributed by atoms with Gasteiger partial charge in [-0.2, -0.15) is 0 Å². The highest BCUT2D eigenvalue weighted by Gasteiger charge is 2.22. The Morgan fingerprint density at radius 3 is 2.55 bits per heavy atom. The number of nitrogens with zero attached hydrogens (tertiary/aromatic N) is 3. The zero-order valence-electron chi connectivity index (χ0n) is 17.7. The van der Waals surface area contributed by atoms with Gasteiger partial charge in [-0.05, 0) is 29.8 Å². The maximum Gasteiger partial charge on any atom is 0.221 e. The largest absolute Gasteiger partial charge is 0.497 e. The van der Waals surface area contributed by atoms with Gasteiger partial charge in [-0.1, -0.05) is 12.1 Å². The normalized spacial score (nSPS) is 12.0. The number of methoxy groups -OCH3 is 2. The number of nitrogens with one attached hydrogen (secondary N) is 1. The van der Waals surface area contributed by atoms with Crippen LogP contribution in [-0.2, 0) is 18.3 Å². The molecule has 0 saturated carbocycles. The summed E-state index contributed by atoms with van der Waals surface area (Å²) in [5, 5.41) is 3.08. The summed E-state index contributed by atoms with van der Waals surface area (Å²) in [6, 6.07) is 12.6. The maximum absolute atomic E-state index is 12.9. The number of para-hydroxylation sites is 2. The van der Waals surface area contributed by atoms with E-state index in [0.29, 0.717) is 35.2 Å². The third kappa shape index (κ3) is 4.53. The van der Waals surface area contributed by atoms with Crippen molar-refractivity contribution in [2.24, 2.45) is 7.05 Å². The van der Waals surface area contributed by atoms with Crippen molar-refractivity contribution in [2.45, 2.75) is 18.9 Å². The van der Waals surface area contributed by atoms with Crippen molar-refractivity contribution in [2.75, 3.05) is 14.2 Å². The molecule has 0 fully saturated rings. The van der Waals surface area contributed by atoms with Gasteiger partial charge in [-0.3, -0.25) is 4.79 Å². The SMILES string of the molecule is COc1cc(OC)cc([C@@H](NC(=O)CCc2nc3ccccc3o2)c2nccn2C)c1. The Morgan fingerprint density at radius 1 is 1.16 bits per heavy atom. The van der Waals surface area contributed by atoms with E-state index in [1.807, 2.05) is 54.2 Å². The summed E-state index contributed by atoms with van der Waals surface area (Å²) >= 11 is 0. The van der Waals surface area contributed by atoms with Gasteiger partial charge in [-0.25, -0.2) is 9.97 Å². The van der Waals surface area contributed by atoms with Gasteiger partial charge < -0.3 is 23.8 Å². The van der Waals surface area contributed by atoms with Crippen LogP contribution in [0.5, 0.6) is 11.5 Å². The van der Waals surface area contributed by atoms with Crippen LogP contribution in [0.2, 0.25) is 0 Å². The predicted octanol–water partition coefficient (Wildman–Crippen LogP) is 3.42. The van der Waals surface area contributed by atoms with E-state index in [1.165, 1.54) is 0 Å². The van der Waals surface area contributed by atoms with Crippen LogP contribution in [0.25, 0.3) is 11.1 Å². The van der Waals surface area contributed by atoms with Gasteiger partial charge in [0.1, 0.15) is 28.9 Å². The second-order valence-electron chi connectivity index (χ2n) is 7.12. The lowest BCUT2D eigenvalue weighted by Crippen LogP contribution is -2.31. The van der Waals surface area contributed by atoms with E-state index in [9.17, 15) is 4.79 Å². The summed E-state index contributed by atoms with van der Waals surface area (Å²) < 4.78 is 18.4. The quantitative estimate of drug-likeness (QED) is 0.470. The minimum absolute atomic E-state index is 0.142. The van der Waals surface area contributed by atoms with Crippen LogP contribution in [0.4, 0.5) is 0 Å². The first-order valence-corrected chi connectivity index (χ1v) is 9.91. The van der Waals surface area contributed by atoms with E-state index in [2.05, 4.69) is 15.3 Å². The molecule has 2 aromatic heterocycles. The number of hydrogen-bond acceptors (Lipinski definition) is 6. The number of benzene rings is 2. The van der Waals surface area contributed by atoms with Crippen LogP contribution >= 0.6 is 0 Å². The second kappa shape index (κ2) is 8.91. The van der Waals surface area contributed by atoms with Gasteiger partial charge in [0.25, 0.3) is 0 Å². The highest BCUT2D eigenvalue weighted by atomic mass is 16.5. The molecule has 0 bridgehead atoms. The number of aryl methyl sites for hydroxylation is 2. The number of aromatic nitrogens is 3. The molecular weight excluding hydrogens is 396 g/mol. The van der Waals surface area contributed by atoms with Crippen LogP contribution in [-0.4, -0.2) is 34.7 Å². The molecule has 0 aliphatic carbocycles. The molecule has 160 valence electrons. The molecule has 0 saturated heterocycles. The molecule has 1 N–H and O–H groups in total. The first kappa shape index (κ1) is 20.5. The molecule has 0 spiro atoms. The smallest absolute Gasteiger partial charge is 0.221 e. The first-order valence-electron chi connectivity index (χ1n) is 9.91. The van der Waals surface area contributed by atoms with Crippen LogP contribution in [0.1, 0.15) is 29.7 Å². The van der Waals surface area contributed by atoms with Gasteiger partial charge >= 0.3 is 0 Å². The lowest BCUT2D eigenvalue weighted by molar-refractivity contribution is -0.121. The fourth-order valence-corrected chi connectivity index (χ4v) is 3.43. The minimum atomic E-state index is -0.472.